The van der Waals surface area contributed by atoms with Crippen LogP contribution in [0.5, 0.6) is 0 Å². The summed E-state index contributed by atoms with van der Waals surface area (Å²) in [4.78, 5) is 4.72. The molecule has 3 aromatic rings. The summed E-state index contributed by atoms with van der Waals surface area (Å²) < 4.78 is 8.94. The molecule has 0 aliphatic heterocycles. The number of methoxy groups -OCH3 is 1. The zero-order chi connectivity index (χ0) is 21.3. The molecular weight excluding hydrogens is 380 g/mol. The van der Waals surface area contributed by atoms with Gasteiger partial charge in [0.15, 0.2) is 11.8 Å². The summed E-state index contributed by atoms with van der Waals surface area (Å²) in [6.45, 7) is 5.94. The Morgan fingerprint density at radius 1 is 1.27 bits per heavy atom. The minimum atomic E-state index is 0.0513. The van der Waals surface area contributed by atoms with E-state index >= 15 is 0 Å². The van der Waals surface area contributed by atoms with Crippen LogP contribution in [0.2, 0.25) is 0 Å². The average molecular weight is 411 g/mol. The van der Waals surface area contributed by atoms with Crippen LogP contribution >= 0.6 is 0 Å². The summed E-state index contributed by atoms with van der Waals surface area (Å²) in [5, 5.41) is 19.5. The largest absolute Gasteiger partial charge is 0.385 e. The second-order valence-electron chi connectivity index (χ2n) is 7.07. The van der Waals surface area contributed by atoms with Gasteiger partial charge >= 0.3 is 0 Å². The number of ether oxygens (including phenoxy) is 1. The van der Waals surface area contributed by atoms with Crippen molar-refractivity contribution in [1.29, 1.82) is 0 Å². The van der Waals surface area contributed by atoms with E-state index in [-0.39, 0.29) is 6.04 Å². The van der Waals surface area contributed by atoms with Crippen molar-refractivity contribution in [2.24, 2.45) is 12.0 Å². The van der Waals surface area contributed by atoms with Crippen LogP contribution < -0.4 is 10.6 Å². The molecule has 0 radical (unpaired) electrons. The lowest BCUT2D eigenvalue weighted by Gasteiger charge is -2.19. The van der Waals surface area contributed by atoms with Crippen molar-refractivity contribution in [1.82, 2.24) is 35.2 Å². The first kappa shape index (κ1) is 21.5. The molecule has 0 spiro atoms. The summed E-state index contributed by atoms with van der Waals surface area (Å²) in [7, 11) is 3.65. The second kappa shape index (κ2) is 10.5. The minimum Gasteiger partial charge on any atom is -0.385 e. The Labute approximate surface area is 177 Å². The molecule has 2 heterocycles. The monoisotopic (exact) mass is 410 g/mol. The number of aliphatic imine (C=N–C) groups is 1. The molecule has 0 amide bonds. The van der Waals surface area contributed by atoms with Crippen LogP contribution in [0.4, 0.5) is 0 Å². The van der Waals surface area contributed by atoms with Crippen molar-refractivity contribution in [2.75, 3.05) is 20.3 Å². The molecule has 1 atom stereocenters. The van der Waals surface area contributed by atoms with Gasteiger partial charge in [-0.2, -0.15) is 5.10 Å². The fourth-order valence-electron chi connectivity index (χ4n) is 2.96. The molecule has 1 unspecified atom stereocenters. The van der Waals surface area contributed by atoms with Crippen LogP contribution in [0.1, 0.15) is 36.6 Å². The molecule has 0 saturated carbocycles. The lowest BCUT2D eigenvalue weighted by molar-refractivity contribution is 0.195. The van der Waals surface area contributed by atoms with Crippen molar-refractivity contribution in [3.63, 3.8) is 0 Å². The highest BCUT2D eigenvalue weighted by atomic mass is 16.5. The standard InChI is InChI=1S/C21H30N8O/c1-16(18-8-5-9-19(14-18)29-12-6-11-24-29)25-21(22-10-7-13-30-4)23-15-20-27-26-17(2)28(20)3/h5-6,8-9,11-12,14,16H,7,10,13,15H2,1-4H3,(H2,22,23,25). The Morgan fingerprint density at radius 3 is 2.83 bits per heavy atom. The maximum Gasteiger partial charge on any atom is 0.192 e. The maximum atomic E-state index is 5.14. The molecule has 3 rings (SSSR count). The van der Waals surface area contributed by atoms with Gasteiger partial charge in [-0.3, -0.25) is 0 Å². The van der Waals surface area contributed by atoms with Gasteiger partial charge in [0.2, 0.25) is 0 Å². The number of guanidine groups is 1. The molecule has 0 bridgehead atoms. The highest BCUT2D eigenvalue weighted by molar-refractivity contribution is 5.80. The zero-order valence-electron chi connectivity index (χ0n) is 18.0. The van der Waals surface area contributed by atoms with Gasteiger partial charge in [-0.15, -0.1) is 10.2 Å². The van der Waals surface area contributed by atoms with Crippen molar-refractivity contribution in [3.05, 3.63) is 59.9 Å². The first-order valence-electron chi connectivity index (χ1n) is 10.1. The topological polar surface area (TPSA) is 94.2 Å². The Hall–Kier alpha value is -3.20. The molecular formula is C21H30N8O. The highest BCUT2D eigenvalue weighted by Gasteiger charge is 2.11. The fourth-order valence-corrected chi connectivity index (χ4v) is 2.96. The van der Waals surface area contributed by atoms with Crippen molar-refractivity contribution in [2.45, 2.75) is 32.9 Å². The third-order valence-corrected chi connectivity index (χ3v) is 4.87. The first-order chi connectivity index (χ1) is 14.6. The van der Waals surface area contributed by atoms with Crippen molar-refractivity contribution in [3.8, 4) is 5.69 Å². The van der Waals surface area contributed by atoms with Gasteiger partial charge in [0, 0.05) is 39.7 Å². The molecule has 0 fully saturated rings. The third-order valence-electron chi connectivity index (χ3n) is 4.87. The molecule has 9 nitrogen and oxygen atoms in total. The van der Waals surface area contributed by atoms with Crippen molar-refractivity contribution >= 4 is 5.96 Å². The van der Waals surface area contributed by atoms with Gasteiger partial charge in [0.1, 0.15) is 12.4 Å². The number of nitrogens with zero attached hydrogens (tertiary/aromatic N) is 6. The van der Waals surface area contributed by atoms with Crippen LogP contribution in [0.25, 0.3) is 5.69 Å². The summed E-state index contributed by atoms with van der Waals surface area (Å²) >= 11 is 0. The number of hydrogen-bond donors (Lipinski definition) is 2. The maximum absolute atomic E-state index is 5.14. The van der Waals surface area contributed by atoms with E-state index in [4.69, 9.17) is 9.73 Å². The van der Waals surface area contributed by atoms with E-state index in [9.17, 15) is 0 Å². The fraction of sp³-hybridized carbons (Fsp3) is 0.429. The molecule has 30 heavy (non-hydrogen) atoms. The molecule has 1 aromatic carbocycles. The van der Waals surface area contributed by atoms with Crippen LogP contribution in [-0.4, -0.2) is 50.8 Å². The normalized spacial score (nSPS) is 12.7. The van der Waals surface area contributed by atoms with Gasteiger partial charge in [-0.25, -0.2) is 9.67 Å². The predicted molar refractivity (Wildman–Crippen MR) is 116 cm³/mol. The molecule has 2 N–H and O–H groups in total. The highest BCUT2D eigenvalue weighted by Crippen LogP contribution is 2.16. The lowest BCUT2D eigenvalue weighted by atomic mass is 10.1. The summed E-state index contributed by atoms with van der Waals surface area (Å²) in [6, 6.07) is 10.3. The van der Waals surface area contributed by atoms with Crippen LogP contribution in [0.15, 0.2) is 47.7 Å². The molecule has 160 valence electrons. The Balaban J connectivity index is 1.71. The quantitative estimate of drug-likeness (QED) is 0.319. The molecule has 2 aromatic heterocycles. The minimum absolute atomic E-state index is 0.0513. The van der Waals surface area contributed by atoms with Gasteiger partial charge in [0.05, 0.1) is 11.7 Å². The van der Waals surface area contributed by atoms with E-state index < -0.39 is 0 Å². The Bertz CT molecular complexity index is 948. The second-order valence-corrected chi connectivity index (χ2v) is 7.07. The molecule has 0 aliphatic carbocycles. The van der Waals surface area contributed by atoms with Gasteiger partial charge < -0.3 is 19.9 Å². The summed E-state index contributed by atoms with van der Waals surface area (Å²) in [6.07, 6.45) is 4.60. The van der Waals surface area contributed by atoms with E-state index in [1.165, 1.54) is 0 Å². The number of nitrogens with one attached hydrogen (secondary N) is 2. The van der Waals surface area contributed by atoms with E-state index in [0.29, 0.717) is 13.2 Å². The molecule has 9 heteroatoms. The average Bonchev–Trinajstić information content (AvgIpc) is 3.40. The Kier molecular flexibility index (Phi) is 7.56. The van der Waals surface area contributed by atoms with E-state index in [0.717, 1.165) is 41.8 Å². The lowest BCUT2D eigenvalue weighted by Crippen LogP contribution is -2.39. The van der Waals surface area contributed by atoms with Crippen LogP contribution in [0.3, 0.4) is 0 Å². The van der Waals surface area contributed by atoms with Crippen LogP contribution in [0, 0.1) is 6.92 Å². The predicted octanol–water partition coefficient (Wildman–Crippen LogP) is 2.14. The smallest absolute Gasteiger partial charge is 0.192 e. The van der Waals surface area contributed by atoms with Gasteiger partial charge in [-0.1, -0.05) is 12.1 Å². The van der Waals surface area contributed by atoms with Crippen LogP contribution in [-0.2, 0) is 18.3 Å². The summed E-state index contributed by atoms with van der Waals surface area (Å²) in [5.41, 5.74) is 2.16. The number of aromatic nitrogens is 5. The number of rotatable bonds is 9. The number of hydrogen-bond acceptors (Lipinski definition) is 5. The van der Waals surface area contributed by atoms with E-state index in [2.05, 4.69) is 45.0 Å². The molecule has 0 saturated heterocycles. The van der Waals surface area contributed by atoms with Gasteiger partial charge in [0.25, 0.3) is 0 Å². The number of aryl methyl sites for hydroxylation is 1. The zero-order valence-corrected chi connectivity index (χ0v) is 18.0. The van der Waals surface area contributed by atoms with E-state index in [1.54, 1.807) is 13.3 Å². The summed E-state index contributed by atoms with van der Waals surface area (Å²) in [5.74, 6) is 2.41. The SMILES string of the molecule is COCCCNC(=NCc1nnc(C)n1C)NC(C)c1cccc(-n2cccn2)c1. The first-order valence-corrected chi connectivity index (χ1v) is 10.1. The van der Waals surface area contributed by atoms with Gasteiger partial charge in [-0.05, 0) is 44.0 Å². The van der Waals surface area contributed by atoms with E-state index in [1.807, 2.05) is 47.6 Å². The Morgan fingerprint density at radius 2 is 2.13 bits per heavy atom. The molecule has 0 aliphatic rings. The third kappa shape index (κ3) is 5.66. The van der Waals surface area contributed by atoms with Crippen molar-refractivity contribution < 1.29 is 4.74 Å². The number of benzene rings is 1.